The van der Waals surface area contributed by atoms with Crippen molar-refractivity contribution in [2.24, 2.45) is 23.7 Å². The van der Waals surface area contributed by atoms with Gasteiger partial charge in [-0.15, -0.1) is 0 Å². The summed E-state index contributed by atoms with van der Waals surface area (Å²) in [4.78, 5) is 0. The highest BCUT2D eigenvalue weighted by atomic mass is 19.1. The second-order valence-electron chi connectivity index (χ2n) is 5.07. The molecule has 1 rings (SSSR count). The van der Waals surface area contributed by atoms with E-state index in [2.05, 4.69) is 0 Å². The lowest BCUT2D eigenvalue weighted by Gasteiger charge is -2.22. The third-order valence-corrected chi connectivity index (χ3v) is 3.41. The Balaban J connectivity index is 2.85. The van der Waals surface area contributed by atoms with E-state index in [1.54, 1.807) is 0 Å². The minimum Gasteiger partial charge on any atom is -0.390 e. The first-order chi connectivity index (χ1) is 6.37. The molecule has 14 heavy (non-hydrogen) atoms. The SMILES string of the molecule is CC(C)C1C(O)C(O)C(C(C)C)C1F. The van der Waals surface area contributed by atoms with Crippen molar-refractivity contribution in [1.82, 2.24) is 0 Å². The smallest absolute Gasteiger partial charge is 0.111 e. The van der Waals surface area contributed by atoms with E-state index in [1.165, 1.54) is 0 Å². The Hall–Kier alpha value is -0.150. The molecule has 1 fully saturated rings. The van der Waals surface area contributed by atoms with E-state index in [9.17, 15) is 14.6 Å². The topological polar surface area (TPSA) is 40.5 Å². The van der Waals surface area contributed by atoms with Crippen LogP contribution in [-0.4, -0.2) is 28.6 Å². The summed E-state index contributed by atoms with van der Waals surface area (Å²) in [6, 6.07) is 0. The minimum absolute atomic E-state index is 0.0680. The molecule has 1 aliphatic carbocycles. The zero-order valence-electron chi connectivity index (χ0n) is 9.31. The highest BCUT2D eigenvalue weighted by molar-refractivity contribution is 4.99. The third-order valence-electron chi connectivity index (χ3n) is 3.41. The summed E-state index contributed by atoms with van der Waals surface area (Å²) >= 11 is 0. The van der Waals surface area contributed by atoms with Crippen LogP contribution < -0.4 is 0 Å². The van der Waals surface area contributed by atoms with Crippen LogP contribution >= 0.6 is 0 Å². The first-order valence-corrected chi connectivity index (χ1v) is 5.38. The van der Waals surface area contributed by atoms with Crippen molar-refractivity contribution in [3.8, 4) is 0 Å². The number of aliphatic hydroxyl groups is 2. The van der Waals surface area contributed by atoms with Crippen molar-refractivity contribution < 1.29 is 14.6 Å². The van der Waals surface area contributed by atoms with Gasteiger partial charge in [0.25, 0.3) is 0 Å². The van der Waals surface area contributed by atoms with E-state index in [0.29, 0.717) is 0 Å². The van der Waals surface area contributed by atoms with Crippen molar-refractivity contribution >= 4 is 0 Å². The fourth-order valence-electron chi connectivity index (χ4n) is 2.61. The van der Waals surface area contributed by atoms with Crippen LogP contribution in [0, 0.1) is 23.7 Å². The van der Waals surface area contributed by atoms with Crippen LogP contribution in [0.5, 0.6) is 0 Å². The minimum atomic E-state index is -1.08. The van der Waals surface area contributed by atoms with Gasteiger partial charge in [0.2, 0.25) is 0 Å². The number of hydrogen-bond acceptors (Lipinski definition) is 2. The molecule has 4 unspecified atom stereocenters. The number of alkyl halides is 1. The summed E-state index contributed by atoms with van der Waals surface area (Å²) in [5.74, 6) is -0.702. The summed E-state index contributed by atoms with van der Waals surface area (Å²) in [6.07, 6.45) is -2.89. The maximum Gasteiger partial charge on any atom is 0.111 e. The Morgan fingerprint density at radius 2 is 1.14 bits per heavy atom. The number of rotatable bonds is 2. The lowest BCUT2D eigenvalue weighted by atomic mass is 9.87. The van der Waals surface area contributed by atoms with Crippen LogP contribution in [0.25, 0.3) is 0 Å². The second-order valence-corrected chi connectivity index (χ2v) is 5.07. The maximum absolute atomic E-state index is 13.9. The average Bonchev–Trinajstić information content (AvgIpc) is 2.23. The quantitative estimate of drug-likeness (QED) is 0.717. The standard InChI is InChI=1S/C11H21FO2/c1-5(2)7-9(12)8(6(3)4)11(14)10(7)13/h5-11,13-14H,1-4H3. The van der Waals surface area contributed by atoms with Crippen LogP contribution in [0.15, 0.2) is 0 Å². The Kier molecular flexibility index (Phi) is 3.53. The molecule has 0 heterocycles. The molecule has 2 nitrogen and oxygen atoms in total. The molecule has 2 N–H and O–H groups in total. The molecule has 0 bridgehead atoms. The Bertz CT molecular complexity index is 174. The van der Waals surface area contributed by atoms with Crippen molar-refractivity contribution in [3.05, 3.63) is 0 Å². The highest BCUT2D eigenvalue weighted by Gasteiger charge is 2.51. The molecule has 1 aliphatic rings. The zero-order chi connectivity index (χ0) is 11.0. The Labute approximate surface area is 85.1 Å². The summed E-state index contributed by atoms with van der Waals surface area (Å²) in [6.45, 7) is 7.54. The maximum atomic E-state index is 13.9. The number of halogens is 1. The van der Waals surface area contributed by atoms with E-state index in [1.807, 2.05) is 27.7 Å². The number of aliphatic hydroxyl groups excluding tert-OH is 2. The summed E-state index contributed by atoms with van der Waals surface area (Å²) in [5.41, 5.74) is 0. The summed E-state index contributed by atoms with van der Waals surface area (Å²) in [5, 5.41) is 19.5. The van der Waals surface area contributed by atoms with Gasteiger partial charge < -0.3 is 10.2 Å². The number of hydrogen-bond donors (Lipinski definition) is 2. The molecule has 84 valence electrons. The van der Waals surface area contributed by atoms with Gasteiger partial charge in [-0.25, -0.2) is 4.39 Å². The van der Waals surface area contributed by atoms with E-state index in [0.717, 1.165) is 0 Å². The predicted molar refractivity (Wildman–Crippen MR) is 53.6 cm³/mol. The van der Waals surface area contributed by atoms with Crippen LogP contribution in [-0.2, 0) is 0 Å². The Morgan fingerprint density at radius 3 is 1.29 bits per heavy atom. The van der Waals surface area contributed by atoms with Crippen molar-refractivity contribution in [3.63, 3.8) is 0 Å². The first-order valence-electron chi connectivity index (χ1n) is 5.38. The molecule has 4 atom stereocenters. The molecule has 0 saturated heterocycles. The molecule has 0 spiro atoms. The van der Waals surface area contributed by atoms with Gasteiger partial charge in [0.1, 0.15) is 6.17 Å². The van der Waals surface area contributed by atoms with Gasteiger partial charge in [0.15, 0.2) is 0 Å². The first kappa shape index (κ1) is 11.9. The van der Waals surface area contributed by atoms with E-state index in [4.69, 9.17) is 0 Å². The van der Waals surface area contributed by atoms with Crippen LogP contribution in [0.4, 0.5) is 4.39 Å². The zero-order valence-corrected chi connectivity index (χ0v) is 9.31. The van der Waals surface area contributed by atoms with Gasteiger partial charge in [0.05, 0.1) is 12.2 Å². The van der Waals surface area contributed by atoms with Crippen LogP contribution in [0.2, 0.25) is 0 Å². The van der Waals surface area contributed by atoms with Gasteiger partial charge >= 0.3 is 0 Å². The summed E-state index contributed by atoms with van der Waals surface area (Å²) in [7, 11) is 0. The fourth-order valence-corrected chi connectivity index (χ4v) is 2.61. The largest absolute Gasteiger partial charge is 0.390 e. The molecule has 0 amide bonds. The third kappa shape index (κ3) is 1.80. The normalized spacial score (nSPS) is 43.9. The molecule has 0 aromatic carbocycles. The van der Waals surface area contributed by atoms with E-state index >= 15 is 0 Å². The van der Waals surface area contributed by atoms with Crippen molar-refractivity contribution in [1.29, 1.82) is 0 Å². The molecule has 0 aromatic rings. The molecular formula is C11H21FO2. The Morgan fingerprint density at radius 1 is 0.857 bits per heavy atom. The second kappa shape index (κ2) is 4.15. The monoisotopic (exact) mass is 204 g/mol. The summed E-state index contributed by atoms with van der Waals surface area (Å²) < 4.78 is 13.9. The molecule has 3 heteroatoms. The molecular weight excluding hydrogens is 183 g/mol. The van der Waals surface area contributed by atoms with Crippen LogP contribution in [0.1, 0.15) is 27.7 Å². The van der Waals surface area contributed by atoms with Crippen molar-refractivity contribution in [2.75, 3.05) is 0 Å². The molecule has 0 radical (unpaired) electrons. The lowest BCUT2D eigenvalue weighted by Crippen LogP contribution is -2.31. The van der Waals surface area contributed by atoms with Gasteiger partial charge in [0, 0.05) is 11.8 Å². The van der Waals surface area contributed by atoms with E-state index in [-0.39, 0.29) is 11.8 Å². The molecule has 0 aromatic heterocycles. The van der Waals surface area contributed by atoms with Crippen molar-refractivity contribution in [2.45, 2.75) is 46.1 Å². The predicted octanol–water partition coefficient (Wildman–Crippen LogP) is 1.60. The van der Waals surface area contributed by atoms with Gasteiger partial charge in [-0.2, -0.15) is 0 Å². The molecule has 1 saturated carbocycles. The highest BCUT2D eigenvalue weighted by Crippen LogP contribution is 2.42. The van der Waals surface area contributed by atoms with Gasteiger partial charge in [-0.3, -0.25) is 0 Å². The van der Waals surface area contributed by atoms with E-state index < -0.39 is 30.2 Å². The van der Waals surface area contributed by atoms with Gasteiger partial charge in [-0.05, 0) is 11.8 Å². The molecule has 0 aliphatic heterocycles. The fraction of sp³-hybridized carbons (Fsp3) is 1.00. The van der Waals surface area contributed by atoms with Gasteiger partial charge in [-0.1, -0.05) is 27.7 Å². The lowest BCUT2D eigenvalue weighted by molar-refractivity contribution is -0.0103. The van der Waals surface area contributed by atoms with Crippen LogP contribution in [0.3, 0.4) is 0 Å². The average molecular weight is 204 g/mol.